The molecule has 0 saturated carbocycles. The summed E-state index contributed by atoms with van der Waals surface area (Å²) in [7, 11) is 0. The molecule has 1 aromatic carbocycles. The van der Waals surface area contributed by atoms with Crippen LogP contribution in [0, 0.1) is 0 Å². The molecule has 0 aliphatic heterocycles. The number of halogens is 1. The van der Waals surface area contributed by atoms with Gasteiger partial charge in [0.2, 0.25) is 0 Å². The third-order valence-corrected chi connectivity index (χ3v) is 2.95. The van der Waals surface area contributed by atoms with Crippen LogP contribution in [0.2, 0.25) is 5.02 Å². The third kappa shape index (κ3) is 1.76. The van der Waals surface area contributed by atoms with E-state index in [0.717, 1.165) is 10.9 Å². The van der Waals surface area contributed by atoms with Gasteiger partial charge in [0.25, 0.3) is 0 Å². The average molecular weight is 257 g/mol. The summed E-state index contributed by atoms with van der Waals surface area (Å²) in [4.78, 5) is 12.8. The Morgan fingerprint density at radius 2 is 1.83 bits per heavy atom. The molecule has 3 aromatic rings. The first-order valence-corrected chi connectivity index (χ1v) is 5.76. The molecular weight excluding hydrogens is 248 g/mol. The minimum atomic E-state index is 0.406. The highest BCUT2D eigenvalue weighted by Gasteiger charge is 2.09. The minimum absolute atomic E-state index is 0.406. The van der Waals surface area contributed by atoms with Gasteiger partial charge in [0, 0.05) is 11.8 Å². The van der Waals surface area contributed by atoms with E-state index in [9.17, 15) is 0 Å². The van der Waals surface area contributed by atoms with E-state index in [1.165, 1.54) is 0 Å². The Balaban J connectivity index is 2.28. The molecule has 0 unspecified atom stereocenters. The number of hydrogen-bond donors (Lipinski definition) is 1. The maximum atomic E-state index is 6.12. The summed E-state index contributed by atoms with van der Waals surface area (Å²) in [6.45, 7) is 0. The Kier molecular flexibility index (Phi) is 2.57. The lowest BCUT2D eigenvalue weighted by Gasteiger charge is -2.05. The van der Waals surface area contributed by atoms with Crippen LogP contribution in [-0.2, 0) is 0 Å². The topological polar surface area (TPSA) is 64.7 Å². The molecule has 0 saturated heterocycles. The SMILES string of the molecule is Nc1nc(-c2ccccc2Cl)nc2ncccc12. The number of rotatable bonds is 1. The molecule has 2 aromatic heterocycles. The number of nitrogens with two attached hydrogens (primary N) is 1. The van der Waals surface area contributed by atoms with Gasteiger partial charge in [-0.1, -0.05) is 23.7 Å². The number of hydrogen-bond acceptors (Lipinski definition) is 4. The number of aromatic nitrogens is 3. The van der Waals surface area contributed by atoms with E-state index in [-0.39, 0.29) is 0 Å². The van der Waals surface area contributed by atoms with Crippen molar-refractivity contribution in [2.75, 3.05) is 5.73 Å². The predicted octanol–water partition coefficient (Wildman–Crippen LogP) is 2.93. The standard InChI is InChI=1S/C13H9ClN4/c14-10-6-2-1-4-8(10)13-17-11(15)9-5-3-7-16-12(9)18-13/h1-7H,(H2,15,16,17,18). The molecule has 2 N–H and O–H groups in total. The van der Waals surface area contributed by atoms with Gasteiger partial charge in [0.05, 0.1) is 10.4 Å². The highest BCUT2D eigenvalue weighted by atomic mass is 35.5. The molecule has 18 heavy (non-hydrogen) atoms. The summed E-state index contributed by atoms with van der Waals surface area (Å²) in [5.74, 6) is 0.896. The molecule has 0 aliphatic rings. The van der Waals surface area contributed by atoms with Crippen LogP contribution < -0.4 is 5.73 Å². The fourth-order valence-electron chi connectivity index (χ4n) is 1.75. The second-order valence-electron chi connectivity index (χ2n) is 3.79. The lowest BCUT2D eigenvalue weighted by molar-refractivity contribution is 1.19. The second kappa shape index (κ2) is 4.23. The number of anilines is 1. The Hall–Kier alpha value is -2.20. The van der Waals surface area contributed by atoms with Crippen LogP contribution in [0.3, 0.4) is 0 Å². The van der Waals surface area contributed by atoms with E-state index in [4.69, 9.17) is 17.3 Å². The molecule has 0 amide bonds. The Labute approximate surface area is 108 Å². The minimum Gasteiger partial charge on any atom is -0.383 e. The fraction of sp³-hybridized carbons (Fsp3) is 0. The van der Waals surface area contributed by atoms with Gasteiger partial charge in [-0.3, -0.25) is 0 Å². The van der Waals surface area contributed by atoms with E-state index in [0.29, 0.717) is 22.3 Å². The maximum absolute atomic E-state index is 6.12. The molecular formula is C13H9ClN4. The van der Waals surface area contributed by atoms with Crippen molar-refractivity contribution in [1.82, 2.24) is 15.0 Å². The van der Waals surface area contributed by atoms with Crippen molar-refractivity contribution in [1.29, 1.82) is 0 Å². The molecule has 0 fully saturated rings. The van der Waals surface area contributed by atoms with Crippen LogP contribution in [-0.4, -0.2) is 15.0 Å². The molecule has 0 aliphatic carbocycles. The van der Waals surface area contributed by atoms with E-state index in [2.05, 4.69) is 15.0 Å². The Morgan fingerprint density at radius 1 is 1.00 bits per heavy atom. The van der Waals surface area contributed by atoms with Crippen LogP contribution in [0.25, 0.3) is 22.4 Å². The number of fused-ring (bicyclic) bond motifs is 1. The summed E-state index contributed by atoms with van der Waals surface area (Å²) < 4.78 is 0. The number of pyridine rings is 1. The summed E-state index contributed by atoms with van der Waals surface area (Å²) in [6, 6.07) is 11.0. The molecule has 5 heteroatoms. The predicted molar refractivity (Wildman–Crippen MR) is 72.2 cm³/mol. The largest absolute Gasteiger partial charge is 0.383 e. The molecule has 0 bridgehead atoms. The van der Waals surface area contributed by atoms with Crippen LogP contribution in [0.5, 0.6) is 0 Å². The Bertz CT molecular complexity index is 727. The second-order valence-corrected chi connectivity index (χ2v) is 4.19. The highest BCUT2D eigenvalue weighted by molar-refractivity contribution is 6.33. The normalized spacial score (nSPS) is 10.7. The van der Waals surface area contributed by atoms with Gasteiger partial charge >= 0.3 is 0 Å². The van der Waals surface area contributed by atoms with E-state index in [1.54, 1.807) is 18.3 Å². The van der Waals surface area contributed by atoms with Gasteiger partial charge < -0.3 is 5.73 Å². The van der Waals surface area contributed by atoms with Crippen molar-refractivity contribution < 1.29 is 0 Å². The van der Waals surface area contributed by atoms with Gasteiger partial charge in [0.15, 0.2) is 11.5 Å². The lowest BCUT2D eigenvalue weighted by atomic mass is 10.2. The quantitative estimate of drug-likeness (QED) is 0.727. The van der Waals surface area contributed by atoms with Crippen LogP contribution in [0.1, 0.15) is 0 Å². The zero-order valence-electron chi connectivity index (χ0n) is 9.34. The van der Waals surface area contributed by atoms with Crippen LogP contribution >= 0.6 is 11.6 Å². The first-order chi connectivity index (χ1) is 8.75. The van der Waals surface area contributed by atoms with Crippen LogP contribution in [0.4, 0.5) is 5.82 Å². The molecule has 0 atom stereocenters. The fourth-order valence-corrected chi connectivity index (χ4v) is 1.97. The van der Waals surface area contributed by atoms with Gasteiger partial charge in [-0.25, -0.2) is 15.0 Å². The van der Waals surface area contributed by atoms with Crippen molar-refractivity contribution >= 4 is 28.5 Å². The highest BCUT2D eigenvalue weighted by Crippen LogP contribution is 2.27. The van der Waals surface area contributed by atoms with Gasteiger partial charge in [-0.05, 0) is 24.3 Å². The lowest BCUT2D eigenvalue weighted by Crippen LogP contribution is -1.99. The zero-order valence-corrected chi connectivity index (χ0v) is 10.1. The summed E-state index contributed by atoms with van der Waals surface area (Å²) >= 11 is 6.12. The number of nitrogens with zero attached hydrogens (tertiary/aromatic N) is 3. The van der Waals surface area contributed by atoms with Crippen molar-refractivity contribution in [2.45, 2.75) is 0 Å². The van der Waals surface area contributed by atoms with E-state index in [1.807, 2.05) is 24.3 Å². The smallest absolute Gasteiger partial charge is 0.165 e. The molecule has 88 valence electrons. The average Bonchev–Trinajstić information content (AvgIpc) is 2.39. The van der Waals surface area contributed by atoms with Crippen molar-refractivity contribution in [2.24, 2.45) is 0 Å². The number of nitrogen functional groups attached to an aromatic ring is 1. The van der Waals surface area contributed by atoms with Gasteiger partial charge in [0.1, 0.15) is 5.82 Å². The van der Waals surface area contributed by atoms with E-state index >= 15 is 0 Å². The van der Waals surface area contributed by atoms with Crippen molar-refractivity contribution in [3.63, 3.8) is 0 Å². The molecule has 2 heterocycles. The summed E-state index contributed by atoms with van der Waals surface area (Å²) in [5.41, 5.74) is 7.23. The van der Waals surface area contributed by atoms with Crippen molar-refractivity contribution in [3.8, 4) is 11.4 Å². The summed E-state index contributed by atoms with van der Waals surface area (Å²) in [5, 5.41) is 1.33. The first-order valence-electron chi connectivity index (χ1n) is 5.39. The monoisotopic (exact) mass is 256 g/mol. The van der Waals surface area contributed by atoms with E-state index < -0.39 is 0 Å². The summed E-state index contributed by atoms with van der Waals surface area (Å²) in [6.07, 6.45) is 1.67. The molecule has 0 spiro atoms. The van der Waals surface area contributed by atoms with Gasteiger partial charge in [-0.2, -0.15) is 0 Å². The molecule has 4 nitrogen and oxygen atoms in total. The zero-order chi connectivity index (χ0) is 12.5. The van der Waals surface area contributed by atoms with Gasteiger partial charge in [-0.15, -0.1) is 0 Å². The Morgan fingerprint density at radius 3 is 2.67 bits per heavy atom. The first kappa shape index (κ1) is 10.9. The molecule has 3 rings (SSSR count). The van der Waals surface area contributed by atoms with Crippen molar-refractivity contribution in [3.05, 3.63) is 47.6 Å². The maximum Gasteiger partial charge on any atom is 0.165 e. The molecule has 0 radical (unpaired) electrons. The number of benzene rings is 1. The third-order valence-electron chi connectivity index (χ3n) is 2.62. The van der Waals surface area contributed by atoms with Crippen LogP contribution in [0.15, 0.2) is 42.6 Å².